The Morgan fingerprint density at radius 1 is 1.07 bits per heavy atom. The third-order valence-corrected chi connectivity index (χ3v) is 6.26. The molecule has 1 aromatic rings. The van der Waals surface area contributed by atoms with Gasteiger partial charge in [-0.1, -0.05) is 38.6 Å². The van der Waals surface area contributed by atoms with Gasteiger partial charge >= 0.3 is 6.18 Å². The quantitative estimate of drug-likeness (QED) is 0.547. The lowest BCUT2D eigenvalue weighted by Gasteiger charge is -2.38. The number of benzene rings is 1. The highest BCUT2D eigenvalue weighted by Crippen LogP contribution is 2.42. The number of halogens is 3. The number of rotatable bonds is 2. The topological polar surface area (TPSA) is 18.8 Å². The minimum atomic E-state index is -4.40. The van der Waals surface area contributed by atoms with Gasteiger partial charge in [0, 0.05) is 11.1 Å². The summed E-state index contributed by atoms with van der Waals surface area (Å²) in [6.07, 6.45) is -0.963. The molecule has 1 atom stereocenters. The van der Waals surface area contributed by atoms with Crippen molar-refractivity contribution in [3.05, 3.63) is 29.8 Å². The maximum atomic E-state index is 13.3. The molecule has 2 aliphatic rings. The van der Waals surface area contributed by atoms with E-state index >= 15 is 0 Å². The van der Waals surface area contributed by atoms with E-state index in [1.807, 2.05) is 20.8 Å². The Balaban J connectivity index is 2.15. The minimum absolute atomic E-state index is 0.0518. The summed E-state index contributed by atoms with van der Waals surface area (Å²) < 4.78 is 40.0. The number of aliphatic imine (C=N–C) groups is 1. The third kappa shape index (κ3) is 4.50. The van der Waals surface area contributed by atoms with Crippen molar-refractivity contribution in [3.8, 4) is 0 Å². The normalized spacial score (nSPS) is 25.1. The summed E-state index contributed by atoms with van der Waals surface area (Å²) in [5, 5.41) is 0. The molecule has 3 rings (SSSR count). The smallest absolute Gasteiger partial charge is 0.293 e. The molecule has 0 amide bonds. The fourth-order valence-electron chi connectivity index (χ4n) is 4.28. The maximum absolute atomic E-state index is 13.3. The standard InChI is InChI=1S/C22H30F3N3S/c1-20(2,3)26-18-17(27-12-7-6-8-13-27)21(4,5)19(29)28(18)16-11-9-10-15(14-16)22(23,24)25/h9-11,14,17H,6-8,12-13H2,1-5H3. The summed E-state index contributed by atoms with van der Waals surface area (Å²) in [5.41, 5.74) is -1.03. The van der Waals surface area contributed by atoms with Crippen molar-refractivity contribution >= 4 is 28.7 Å². The van der Waals surface area contributed by atoms with Crippen LogP contribution in [0.1, 0.15) is 59.4 Å². The lowest BCUT2D eigenvalue weighted by Crippen LogP contribution is -2.50. The van der Waals surface area contributed by atoms with Gasteiger partial charge in [-0.05, 0) is 64.9 Å². The number of hydrogen-bond acceptors (Lipinski definition) is 3. The van der Waals surface area contributed by atoms with Gasteiger partial charge < -0.3 is 0 Å². The fourth-order valence-corrected chi connectivity index (χ4v) is 4.59. The Morgan fingerprint density at radius 3 is 2.24 bits per heavy atom. The van der Waals surface area contributed by atoms with Crippen LogP contribution in [0.15, 0.2) is 29.3 Å². The predicted molar refractivity (Wildman–Crippen MR) is 117 cm³/mol. The molecule has 1 unspecified atom stereocenters. The van der Waals surface area contributed by atoms with E-state index in [0.717, 1.165) is 37.8 Å². The van der Waals surface area contributed by atoms with E-state index < -0.39 is 17.2 Å². The summed E-state index contributed by atoms with van der Waals surface area (Å²) in [6, 6.07) is 5.35. The molecular formula is C22H30F3N3S. The Labute approximate surface area is 177 Å². The summed E-state index contributed by atoms with van der Waals surface area (Å²) in [7, 11) is 0. The van der Waals surface area contributed by atoms with Gasteiger partial charge in [0.1, 0.15) is 5.84 Å². The second-order valence-electron chi connectivity index (χ2n) is 9.55. The molecule has 0 N–H and O–H groups in total. The molecule has 160 valence electrons. The van der Waals surface area contributed by atoms with Crippen molar-refractivity contribution in [2.75, 3.05) is 18.0 Å². The van der Waals surface area contributed by atoms with Crippen LogP contribution in [0, 0.1) is 5.41 Å². The Bertz CT molecular complexity index is 802. The van der Waals surface area contributed by atoms with Gasteiger partial charge in [0.05, 0.1) is 22.1 Å². The van der Waals surface area contributed by atoms with Crippen LogP contribution in [0.25, 0.3) is 0 Å². The van der Waals surface area contributed by atoms with Crippen LogP contribution >= 0.6 is 12.2 Å². The molecule has 1 aromatic carbocycles. The molecule has 2 saturated heterocycles. The molecule has 0 aromatic heterocycles. The predicted octanol–water partition coefficient (Wildman–Crippen LogP) is 5.93. The van der Waals surface area contributed by atoms with Crippen molar-refractivity contribution in [2.45, 2.75) is 71.6 Å². The van der Waals surface area contributed by atoms with Crippen molar-refractivity contribution in [3.63, 3.8) is 0 Å². The van der Waals surface area contributed by atoms with Crippen molar-refractivity contribution < 1.29 is 13.2 Å². The van der Waals surface area contributed by atoms with Crippen LogP contribution in [0.4, 0.5) is 18.9 Å². The number of thiocarbonyl (C=S) groups is 1. The van der Waals surface area contributed by atoms with E-state index in [1.165, 1.54) is 18.6 Å². The highest BCUT2D eigenvalue weighted by molar-refractivity contribution is 7.80. The zero-order chi connectivity index (χ0) is 21.6. The molecule has 0 spiro atoms. The summed E-state index contributed by atoms with van der Waals surface area (Å²) in [4.78, 5) is 9.81. The van der Waals surface area contributed by atoms with Crippen molar-refractivity contribution in [1.82, 2.24) is 4.90 Å². The highest BCUT2D eigenvalue weighted by atomic mass is 32.1. The summed E-state index contributed by atoms with van der Waals surface area (Å²) >= 11 is 5.85. The van der Waals surface area contributed by atoms with Crippen LogP contribution in [0.2, 0.25) is 0 Å². The molecular weight excluding hydrogens is 395 g/mol. The Kier molecular flexibility index (Phi) is 5.86. The van der Waals surface area contributed by atoms with Gasteiger partial charge in [-0.2, -0.15) is 13.2 Å². The lowest BCUT2D eigenvalue weighted by atomic mass is 9.85. The zero-order valence-corrected chi connectivity index (χ0v) is 18.6. The van der Waals surface area contributed by atoms with Crippen LogP contribution in [0.5, 0.6) is 0 Å². The average Bonchev–Trinajstić information content (AvgIpc) is 2.79. The van der Waals surface area contributed by atoms with Gasteiger partial charge in [-0.15, -0.1) is 0 Å². The molecule has 0 saturated carbocycles. The average molecular weight is 426 g/mol. The SMILES string of the molecule is CC(C)(C)N=C1C(N2CCCCC2)C(C)(C)C(=S)N1c1cccc(C(F)(F)F)c1. The first kappa shape index (κ1) is 22.2. The number of amidine groups is 1. The summed E-state index contributed by atoms with van der Waals surface area (Å²) in [6.45, 7) is 12.1. The second kappa shape index (κ2) is 7.65. The number of hydrogen-bond donors (Lipinski definition) is 0. The van der Waals surface area contributed by atoms with Gasteiger partial charge in [0.15, 0.2) is 0 Å². The molecule has 2 heterocycles. The van der Waals surface area contributed by atoms with Gasteiger partial charge in [0.25, 0.3) is 0 Å². The summed E-state index contributed by atoms with van der Waals surface area (Å²) in [5.74, 6) is 0.758. The van der Waals surface area contributed by atoms with E-state index in [0.29, 0.717) is 10.7 Å². The first-order valence-corrected chi connectivity index (χ1v) is 10.6. The first-order valence-electron chi connectivity index (χ1n) is 10.2. The first-order chi connectivity index (χ1) is 13.3. The molecule has 3 nitrogen and oxygen atoms in total. The van der Waals surface area contributed by atoms with E-state index in [2.05, 4.69) is 18.7 Å². The highest BCUT2D eigenvalue weighted by Gasteiger charge is 2.52. The van der Waals surface area contributed by atoms with Crippen LogP contribution in [-0.2, 0) is 6.18 Å². The number of piperidine rings is 1. The van der Waals surface area contributed by atoms with E-state index in [9.17, 15) is 13.2 Å². The van der Waals surface area contributed by atoms with Crippen LogP contribution < -0.4 is 4.90 Å². The number of nitrogens with zero attached hydrogens (tertiary/aromatic N) is 3. The van der Waals surface area contributed by atoms with E-state index in [4.69, 9.17) is 17.2 Å². The molecule has 29 heavy (non-hydrogen) atoms. The van der Waals surface area contributed by atoms with Gasteiger partial charge in [-0.25, -0.2) is 0 Å². The van der Waals surface area contributed by atoms with Crippen molar-refractivity contribution in [1.29, 1.82) is 0 Å². The number of alkyl halides is 3. The second-order valence-corrected chi connectivity index (χ2v) is 9.94. The van der Waals surface area contributed by atoms with Crippen molar-refractivity contribution in [2.24, 2.45) is 10.4 Å². The fraction of sp³-hybridized carbons (Fsp3) is 0.636. The largest absolute Gasteiger partial charge is 0.416 e. The lowest BCUT2D eigenvalue weighted by molar-refractivity contribution is -0.137. The maximum Gasteiger partial charge on any atom is 0.416 e. The minimum Gasteiger partial charge on any atom is -0.293 e. The number of anilines is 1. The molecule has 2 aliphatic heterocycles. The van der Waals surface area contributed by atoms with E-state index in [1.54, 1.807) is 11.0 Å². The molecule has 0 bridgehead atoms. The number of likely N-dealkylation sites (tertiary alicyclic amines) is 1. The molecule has 2 fully saturated rings. The monoisotopic (exact) mass is 425 g/mol. The molecule has 0 aliphatic carbocycles. The van der Waals surface area contributed by atoms with E-state index in [-0.39, 0.29) is 11.6 Å². The molecule has 0 radical (unpaired) electrons. The van der Waals surface area contributed by atoms with Crippen LogP contribution in [0.3, 0.4) is 0 Å². The van der Waals surface area contributed by atoms with Gasteiger partial charge in [-0.3, -0.25) is 14.8 Å². The zero-order valence-electron chi connectivity index (χ0n) is 17.8. The third-order valence-electron chi connectivity index (χ3n) is 5.55. The Hall–Kier alpha value is -1.47. The Morgan fingerprint density at radius 2 is 1.69 bits per heavy atom. The van der Waals surface area contributed by atoms with Crippen LogP contribution in [-0.4, -0.2) is 40.4 Å². The van der Waals surface area contributed by atoms with Gasteiger partial charge in [0.2, 0.25) is 0 Å². The molecule has 7 heteroatoms.